The van der Waals surface area contributed by atoms with Crippen LogP contribution < -0.4 is 20.3 Å². The van der Waals surface area contributed by atoms with E-state index in [1.165, 1.54) is 0 Å². The highest BCUT2D eigenvalue weighted by atomic mass is 16.5. The standard InChI is InChI=1S/C22H27N3O3/c1-5-22(2,3)24-20(26)18-7-6-8-19-17(18)13-14-25(19)21(27)23-15-9-11-16(28-4)12-10-15/h6-12H,5,13-14H2,1-4H3,(H,23,27)(H,24,26). The van der Waals surface area contributed by atoms with E-state index in [0.29, 0.717) is 24.2 Å². The molecule has 0 saturated heterocycles. The zero-order valence-electron chi connectivity index (χ0n) is 16.8. The van der Waals surface area contributed by atoms with Gasteiger partial charge >= 0.3 is 6.03 Å². The summed E-state index contributed by atoms with van der Waals surface area (Å²) < 4.78 is 5.14. The second-order valence-electron chi connectivity index (χ2n) is 7.56. The fourth-order valence-corrected chi connectivity index (χ4v) is 3.19. The SMILES string of the molecule is CCC(C)(C)NC(=O)c1cccc2c1CCN2C(=O)Nc1ccc(OC)cc1. The minimum atomic E-state index is -0.274. The number of ether oxygens (including phenoxy) is 1. The quantitative estimate of drug-likeness (QED) is 0.815. The van der Waals surface area contributed by atoms with Gasteiger partial charge in [0, 0.05) is 29.0 Å². The molecule has 1 aliphatic rings. The maximum Gasteiger partial charge on any atom is 0.326 e. The molecule has 1 aliphatic heterocycles. The number of carbonyl (C=O) groups excluding carboxylic acids is 2. The van der Waals surface area contributed by atoms with Crippen LogP contribution in [0.3, 0.4) is 0 Å². The van der Waals surface area contributed by atoms with Gasteiger partial charge in [0.05, 0.1) is 7.11 Å². The largest absolute Gasteiger partial charge is 0.497 e. The van der Waals surface area contributed by atoms with Crippen molar-refractivity contribution in [3.63, 3.8) is 0 Å². The van der Waals surface area contributed by atoms with E-state index in [1.54, 1.807) is 36.3 Å². The zero-order valence-corrected chi connectivity index (χ0v) is 16.8. The van der Waals surface area contributed by atoms with Crippen molar-refractivity contribution in [3.8, 4) is 5.75 Å². The molecule has 0 fully saturated rings. The Hall–Kier alpha value is -3.02. The third kappa shape index (κ3) is 4.11. The van der Waals surface area contributed by atoms with Crippen molar-refractivity contribution in [1.29, 1.82) is 0 Å². The van der Waals surface area contributed by atoms with Gasteiger partial charge in [0.25, 0.3) is 5.91 Å². The molecule has 0 spiro atoms. The van der Waals surface area contributed by atoms with Crippen LogP contribution in [-0.4, -0.2) is 31.1 Å². The molecule has 3 rings (SSSR count). The van der Waals surface area contributed by atoms with Crippen LogP contribution in [0, 0.1) is 0 Å². The van der Waals surface area contributed by atoms with Gasteiger partial charge in [-0.3, -0.25) is 9.69 Å². The number of rotatable bonds is 5. The number of urea groups is 1. The predicted octanol–water partition coefficient (Wildman–Crippen LogP) is 4.21. The molecule has 0 radical (unpaired) electrons. The fourth-order valence-electron chi connectivity index (χ4n) is 3.19. The van der Waals surface area contributed by atoms with Gasteiger partial charge in [0.15, 0.2) is 0 Å². The third-order valence-corrected chi connectivity index (χ3v) is 5.19. The van der Waals surface area contributed by atoms with E-state index < -0.39 is 0 Å². The van der Waals surface area contributed by atoms with Crippen LogP contribution in [0.2, 0.25) is 0 Å². The van der Waals surface area contributed by atoms with Gasteiger partial charge in [-0.25, -0.2) is 4.79 Å². The van der Waals surface area contributed by atoms with Crippen LogP contribution in [0.4, 0.5) is 16.2 Å². The van der Waals surface area contributed by atoms with Crippen molar-refractivity contribution in [2.45, 2.75) is 39.2 Å². The summed E-state index contributed by atoms with van der Waals surface area (Å²) in [7, 11) is 1.60. The summed E-state index contributed by atoms with van der Waals surface area (Å²) in [5.41, 5.74) is 2.76. The molecule has 6 heteroatoms. The maximum absolute atomic E-state index is 12.8. The minimum Gasteiger partial charge on any atom is -0.497 e. The molecule has 148 valence electrons. The maximum atomic E-state index is 12.8. The van der Waals surface area contributed by atoms with Crippen molar-refractivity contribution in [2.24, 2.45) is 0 Å². The first-order chi connectivity index (χ1) is 13.3. The van der Waals surface area contributed by atoms with E-state index in [9.17, 15) is 9.59 Å². The van der Waals surface area contributed by atoms with Crippen molar-refractivity contribution < 1.29 is 14.3 Å². The van der Waals surface area contributed by atoms with Gasteiger partial charge in [-0.05, 0) is 68.7 Å². The number of fused-ring (bicyclic) bond motifs is 1. The normalized spacial score (nSPS) is 13.1. The average Bonchev–Trinajstić information content (AvgIpc) is 3.12. The number of nitrogens with zero attached hydrogens (tertiary/aromatic N) is 1. The van der Waals surface area contributed by atoms with Crippen LogP contribution in [0.1, 0.15) is 43.1 Å². The first kappa shape index (κ1) is 19.7. The molecule has 2 aromatic rings. The molecule has 2 aromatic carbocycles. The van der Waals surface area contributed by atoms with E-state index in [2.05, 4.69) is 10.6 Å². The van der Waals surface area contributed by atoms with Gasteiger partial charge in [-0.15, -0.1) is 0 Å². The number of benzene rings is 2. The molecular formula is C22H27N3O3. The van der Waals surface area contributed by atoms with Gasteiger partial charge in [0.1, 0.15) is 5.75 Å². The lowest BCUT2D eigenvalue weighted by Crippen LogP contribution is -2.43. The molecule has 0 atom stereocenters. The predicted molar refractivity (Wildman–Crippen MR) is 111 cm³/mol. The molecule has 0 saturated carbocycles. The highest BCUT2D eigenvalue weighted by Gasteiger charge is 2.29. The Labute approximate surface area is 165 Å². The summed E-state index contributed by atoms with van der Waals surface area (Å²) in [6, 6.07) is 12.5. The first-order valence-corrected chi connectivity index (χ1v) is 9.51. The van der Waals surface area contributed by atoms with Gasteiger partial charge in [-0.1, -0.05) is 13.0 Å². The van der Waals surface area contributed by atoms with Crippen LogP contribution in [0.15, 0.2) is 42.5 Å². The van der Waals surface area contributed by atoms with Crippen molar-refractivity contribution in [2.75, 3.05) is 23.9 Å². The number of nitrogens with one attached hydrogen (secondary N) is 2. The number of hydrogen-bond donors (Lipinski definition) is 2. The second-order valence-corrected chi connectivity index (χ2v) is 7.56. The molecule has 1 heterocycles. The van der Waals surface area contributed by atoms with Crippen molar-refractivity contribution >= 4 is 23.3 Å². The zero-order chi connectivity index (χ0) is 20.3. The second kappa shape index (κ2) is 7.92. The number of methoxy groups -OCH3 is 1. The summed E-state index contributed by atoms with van der Waals surface area (Å²) in [5, 5.41) is 5.98. The lowest BCUT2D eigenvalue weighted by atomic mass is 9.99. The Balaban J connectivity index is 1.78. The Morgan fingerprint density at radius 1 is 1.14 bits per heavy atom. The Kier molecular flexibility index (Phi) is 5.58. The van der Waals surface area contributed by atoms with Crippen LogP contribution >= 0.6 is 0 Å². The monoisotopic (exact) mass is 381 g/mol. The highest BCUT2D eigenvalue weighted by Crippen LogP contribution is 2.31. The number of anilines is 2. The van der Waals surface area contributed by atoms with Crippen molar-refractivity contribution in [3.05, 3.63) is 53.6 Å². The third-order valence-electron chi connectivity index (χ3n) is 5.19. The lowest BCUT2D eigenvalue weighted by Gasteiger charge is -2.25. The van der Waals surface area contributed by atoms with E-state index in [4.69, 9.17) is 4.74 Å². The molecular weight excluding hydrogens is 354 g/mol. The van der Waals surface area contributed by atoms with Gasteiger partial charge in [0.2, 0.25) is 0 Å². The van der Waals surface area contributed by atoms with Gasteiger partial charge in [-0.2, -0.15) is 0 Å². The molecule has 0 aliphatic carbocycles. The molecule has 28 heavy (non-hydrogen) atoms. The van der Waals surface area contributed by atoms with Crippen molar-refractivity contribution in [1.82, 2.24) is 5.32 Å². The summed E-state index contributed by atoms with van der Waals surface area (Å²) >= 11 is 0. The molecule has 3 amide bonds. The summed E-state index contributed by atoms with van der Waals surface area (Å²) in [6.07, 6.45) is 1.49. The Morgan fingerprint density at radius 3 is 2.50 bits per heavy atom. The van der Waals surface area contributed by atoms with E-state index in [-0.39, 0.29) is 17.5 Å². The molecule has 6 nitrogen and oxygen atoms in total. The van der Waals surface area contributed by atoms with Crippen LogP contribution in [0.25, 0.3) is 0 Å². The van der Waals surface area contributed by atoms with Crippen LogP contribution in [0.5, 0.6) is 5.75 Å². The average molecular weight is 381 g/mol. The van der Waals surface area contributed by atoms with Gasteiger partial charge < -0.3 is 15.4 Å². The Bertz CT molecular complexity index is 875. The molecule has 2 N–H and O–H groups in total. The lowest BCUT2D eigenvalue weighted by molar-refractivity contribution is 0.0910. The molecule has 0 aromatic heterocycles. The molecule has 0 bridgehead atoms. The number of carbonyl (C=O) groups is 2. The van der Waals surface area contributed by atoms with Crippen LogP contribution in [-0.2, 0) is 6.42 Å². The minimum absolute atomic E-state index is 0.0962. The van der Waals surface area contributed by atoms with E-state index in [1.807, 2.05) is 39.0 Å². The molecule has 0 unspecified atom stereocenters. The topological polar surface area (TPSA) is 70.7 Å². The highest BCUT2D eigenvalue weighted by molar-refractivity contribution is 6.05. The van der Waals surface area contributed by atoms with E-state index >= 15 is 0 Å². The first-order valence-electron chi connectivity index (χ1n) is 9.51. The number of hydrogen-bond acceptors (Lipinski definition) is 3. The number of amides is 3. The Morgan fingerprint density at radius 2 is 1.86 bits per heavy atom. The summed E-state index contributed by atoms with van der Waals surface area (Å²) in [6.45, 7) is 6.59. The smallest absolute Gasteiger partial charge is 0.326 e. The fraction of sp³-hybridized carbons (Fsp3) is 0.364. The summed E-state index contributed by atoms with van der Waals surface area (Å²) in [4.78, 5) is 27.2. The van der Waals surface area contributed by atoms with E-state index in [0.717, 1.165) is 23.4 Å². The summed E-state index contributed by atoms with van der Waals surface area (Å²) in [5.74, 6) is 0.635.